The first kappa shape index (κ1) is 15.9. The van der Waals surface area contributed by atoms with Gasteiger partial charge in [-0.05, 0) is 30.5 Å². The summed E-state index contributed by atoms with van der Waals surface area (Å²) in [7, 11) is 0. The van der Waals surface area contributed by atoms with Crippen LogP contribution in [-0.4, -0.2) is 12.4 Å². The van der Waals surface area contributed by atoms with Crippen LogP contribution in [0.1, 0.15) is 28.4 Å². The van der Waals surface area contributed by atoms with Crippen molar-refractivity contribution in [1.29, 1.82) is 5.26 Å². The van der Waals surface area contributed by atoms with Crippen molar-refractivity contribution in [2.45, 2.75) is 18.8 Å². The van der Waals surface area contributed by atoms with Crippen LogP contribution in [0.4, 0.5) is 0 Å². The van der Waals surface area contributed by atoms with Crippen LogP contribution in [-0.2, 0) is 11.8 Å². The number of ether oxygens (including phenoxy) is 1. The summed E-state index contributed by atoms with van der Waals surface area (Å²) in [4.78, 5) is 13.0. The minimum Gasteiger partial charge on any atom is -0.477 e. The van der Waals surface area contributed by atoms with Gasteiger partial charge in [-0.25, -0.2) is 0 Å². The highest BCUT2D eigenvalue weighted by molar-refractivity contribution is 6.45. The summed E-state index contributed by atoms with van der Waals surface area (Å²) in [5.74, 6) is 0.291. The molecule has 2 aromatic rings. The number of Topliss-reactive ketones (excluding diaryl/α,β-unsaturated/α-hetero) is 1. The number of nitrogens with zero attached hydrogens (tertiary/aromatic N) is 1. The maximum absolute atomic E-state index is 13.0. The molecule has 0 heterocycles. The fourth-order valence-corrected chi connectivity index (χ4v) is 3.53. The summed E-state index contributed by atoms with van der Waals surface area (Å²) in [5.41, 5.74) is 1.51. The van der Waals surface area contributed by atoms with Crippen LogP contribution in [0.25, 0.3) is 0 Å². The lowest BCUT2D eigenvalue weighted by Crippen LogP contribution is -2.29. The summed E-state index contributed by atoms with van der Waals surface area (Å²) >= 11 is 12.5. The van der Waals surface area contributed by atoms with Gasteiger partial charge in [0.1, 0.15) is 16.8 Å². The third-order valence-corrected chi connectivity index (χ3v) is 5.08. The lowest BCUT2D eigenvalue weighted by atomic mass is 9.79. The Labute approximate surface area is 144 Å². The molecule has 3 rings (SSSR count). The first-order chi connectivity index (χ1) is 11.0. The van der Waals surface area contributed by atoms with Crippen molar-refractivity contribution in [2.75, 3.05) is 6.61 Å². The molecule has 0 radical (unpaired) electrons. The normalized spacial score (nSPS) is 19.3. The maximum atomic E-state index is 13.0. The van der Waals surface area contributed by atoms with E-state index in [-0.39, 0.29) is 22.4 Å². The third-order valence-electron chi connectivity index (χ3n) is 4.23. The Hall–Kier alpha value is -2.02. The van der Waals surface area contributed by atoms with E-state index in [1.54, 1.807) is 6.07 Å². The second kappa shape index (κ2) is 5.88. The molecule has 23 heavy (non-hydrogen) atoms. The zero-order chi connectivity index (χ0) is 16.6. The third kappa shape index (κ3) is 2.49. The van der Waals surface area contributed by atoms with Gasteiger partial charge < -0.3 is 4.74 Å². The number of carbonyl (C=O) groups is 1. The highest BCUT2D eigenvalue weighted by Gasteiger charge is 2.45. The number of benzene rings is 2. The van der Waals surface area contributed by atoms with E-state index in [4.69, 9.17) is 33.2 Å². The molecule has 0 aromatic heterocycles. The Bertz CT molecular complexity index is 827. The van der Waals surface area contributed by atoms with Gasteiger partial charge >= 0.3 is 0 Å². The van der Waals surface area contributed by atoms with Gasteiger partial charge in [-0.15, -0.1) is 0 Å². The van der Waals surface area contributed by atoms with E-state index < -0.39 is 5.41 Å². The molecule has 0 saturated carbocycles. The van der Waals surface area contributed by atoms with Crippen molar-refractivity contribution in [2.24, 2.45) is 0 Å². The van der Waals surface area contributed by atoms with Crippen molar-refractivity contribution in [3.05, 3.63) is 63.1 Å². The lowest BCUT2D eigenvalue weighted by Gasteiger charge is -2.22. The number of nitriles is 1. The molecule has 5 heteroatoms. The summed E-state index contributed by atoms with van der Waals surface area (Å²) < 4.78 is 5.31. The monoisotopic (exact) mass is 345 g/mol. The summed E-state index contributed by atoms with van der Waals surface area (Å²) in [6.45, 7) is 1.78. The molecule has 0 aliphatic heterocycles. The molecule has 1 unspecified atom stereocenters. The van der Waals surface area contributed by atoms with E-state index >= 15 is 0 Å². The Morgan fingerprint density at radius 1 is 1.26 bits per heavy atom. The topological polar surface area (TPSA) is 50.1 Å². The molecule has 1 aliphatic rings. The van der Waals surface area contributed by atoms with Crippen molar-refractivity contribution in [3.8, 4) is 11.8 Å². The first-order valence-corrected chi connectivity index (χ1v) is 7.85. The summed E-state index contributed by atoms with van der Waals surface area (Å²) in [5, 5.41) is 9.02. The van der Waals surface area contributed by atoms with Crippen molar-refractivity contribution < 1.29 is 9.53 Å². The second-order valence-corrected chi connectivity index (χ2v) is 6.44. The second-order valence-electron chi connectivity index (χ2n) is 5.69. The van der Waals surface area contributed by atoms with Crippen molar-refractivity contribution in [3.63, 3.8) is 0 Å². The highest BCUT2D eigenvalue weighted by atomic mass is 35.5. The zero-order valence-electron chi connectivity index (χ0n) is 12.4. The molecule has 0 spiro atoms. The molecule has 0 bridgehead atoms. The minimum absolute atomic E-state index is 0.0440. The quantitative estimate of drug-likeness (QED) is 0.817. The standard InChI is InChI=1S/C18H13Cl2NO2/c1-18(12-5-3-2-4-6-12)10-11-9-13(23-8-7-21)15(19)16(20)14(11)17(18)22/h2-6,9H,8,10H2,1H3. The number of hydrogen-bond acceptors (Lipinski definition) is 3. The van der Waals surface area contributed by atoms with Gasteiger partial charge in [0.2, 0.25) is 0 Å². The molecular weight excluding hydrogens is 333 g/mol. The molecule has 0 N–H and O–H groups in total. The number of hydrogen-bond donors (Lipinski definition) is 0. The van der Waals surface area contributed by atoms with E-state index in [2.05, 4.69) is 0 Å². The average molecular weight is 346 g/mol. The van der Waals surface area contributed by atoms with E-state index in [1.165, 1.54) is 0 Å². The molecule has 2 aromatic carbocycles. The molecule has 0 fully saturated rings. The smallest absolute Gasteiger partial charge is 0.175 e. The van der Waals surface area contributed by atoms with Crippen LogP contribution in [0.15, 0.2) is 36.4 Å². The van der Waals surface area contributed by atoms with Crippen LogP contribution >= 0.6 is 23.2 Å². The first-order valence-electron chi connectivity index (χ1n) is 7.10. The van der Waals surface area contributed by atoms with Gasteiger partial charge in [-0.3, -0.25) is 4.79 Å². The molecule has 1 aliphatic carbocycles. The number of halogens is 2. The number of ketones is 1. The van der Waals surface area contributed by atoms with Gasteiger partial charge in [0.05, 0.1) is 10.4 Å². The van der Waals surface area contributed by atoms with Gasteiger partial charge in [-0.1, -0.05) is 53.5 Å². The fourth-order valence-electron chi connectivity index (χ4n) is 3.03. The van der Waals surface area contributed by atoms with Gasteiger partial charge in [0.15, 0.2) is 12.4 Å². The summed E-state index contributed by atoms with van der Waals surface area (Å²) in [6.07, 6.45) is 0.519. The Morgan fingerprint density at radius 3 is 2.61 bits per heavy atom. The number of fused-ring (bicyclic) bond motifs is 1. The fraction of sp³-hybridized carbons (Fsp3) is 0.222. The van der Waals surface area contributed by atoms with Crippen LogP contribution in [0.2, 0.25) is 10.0 Å². The lowest BCUT2D eigenvalue weighted by molar-refractivity contribution is 0.0915. The van der Waals surface area contributed by atoms with Crippen LogP contribution in [0, 0.1) is 11.3 Å². The number of rotatable bonds is 3. The molecule has 3 nitrogen and oxygen atoms in total. The molecular formula is C18H13Cl2NO2. The van der Waals surface area contributed by atoms with Crippen LogP contribution in [0.3, 0.4) is 0 Å². The van der Waals surface area contributed by atoms with E-state index in [0.717, 1.165) is 11.1 Å². The molecule has 1 atom stereocenters. The van der Waals surface area contributed by atoms with Gasteiger partial charge in [0, 0.05) is 5.56 Å². The SMILES string of the molecule is CC1(c2ccccc2)Cc2cc(OCC#N)c(Cl)c(Cl)c2C1=O. The molecule has 0 saturated heterocycles. The Balaban J connectivity index is 2.10. The minimum atomic E-state index is -0.676. The van der Waals surface area contributed by atoms with Gasteiger partial charge in [0.25, 0.3) is 0 Å². The Kier molecular flexibility index (Phi) is 4.06. The number of carbonyl (C=O) groups excluding carboxylic acids is 1. The summed E-state index contributed by atoms with van der Waals surface area (Å²) in [6, 6.07) is 13.2. The van der Waals surface area contributed by atoms with Gasteiger partial charge in [-0.2, -0.15) is 5.26 Å². The van der Waals surface area contributed by atoms with E-state index in [9.17, 15) is 4.79 Å². The molecule has 0 amide bonds. The van der Waals surface area contributed by atoms with Crippen LogP contribution in [0.5, 0.6) is 5.75 Å². The van der Waals surface area contributed by atoms with Crippen molar-refractivity contribution >= 4 is 29.0 Å². The van der Waals surface area contributed by atoms with E-state index in [0.29, 0.717) is 17.7 Å². The van der Waals surface area contributed by atoms with Crippen molar-refractivity contribution in [1.82, 2.24) is 0 Å². The Morgan fingerprint density at radius 2 is 1.96 bits per heavy atom. The highest BCUT2D eigenvalue weighted by Crippen LogP contribution is 2.47. The van der Waals surface area contributed by atoms with Crippen LogP contribution < -0.4 is 4.74 Å². The predicted octanol–water partition coefficient (Wildman–Crippen LogP) is 4.59. The zero-order valence-corrected chi connectivity index (χ0v) is 13.9. The molecule has 116 valence electrons. The van der Waals surface area contributed by atoms with E-state index in [1.807, 2.05) is 43.3 Å². The maximum Gasteiger partial charge on any atom is 0.175 e. The average Bonchev–Trinajstić information content (AvgIpc) is 2.82. The largest absolute Gasteiger partial charge is 0.477 e. The predicted molar refractivity (Wildman–Crippen MR) is 89.4 cm³/mol.